The van der Waals surface area contributed by atoms with Gasteiger partial charge in [-0.15, -0.1) is 11.3 Å². The van der Waals surface area contributed by atoms with Crippen LogP contribution < -0.4 is 11.1 Å². The summed E-state index contributed by atoms with van der Waals surface area (Å²) in [6.45, 7) is 5.82. The van der Waals surface area contributed by atoms with Crippen molar-refractivity contribution < 1.29 is 4.79 Å². The molecule has 0 radical (unpaired) electrons. The zero-order valence-corrected chi connectivity index (χ0v) is 11.3. The number of nitrogens with one attached hydrogen (secondary N) is 2. The minimum absolute atomic E-state index is 0.0896. The second-order valence-electron chi connectivity index (χ2n) is 4.08. The average molecular weight is 265 g/mol. The zero-order chi connectivity index (χ0) is 13.3. The minimum Gasteiger partial charge on any atom is -0.382 e. The number of aromatic nitrogens is 3. The second kappa shape index (κ2) is 4.77. The molecule has 1 amide bonds. The van der Waals surface area contributed by atoms with Crippen LogP contribution in [0.4, 0.5) is 5.82 Å². The molecule has 0 aliphatic carbocycles. The Kier molecular flexibility index (Phi) is 3.33. The first-order valence-electron chi connectivity index (χ1n) is 5.53. The van der Waals surface area contributed by atoms with Crippen LogP contribution in [0, 0.1) is 13.8 Å². The first-order valence-corrected chi connectivity index (χ1v) is 6.34. The lowest BCUT2D eigenvalue weighted by molar-refractivity contribution is 0.0935. The molecular formula is C11H15N5OS. The maximum absolute atomic E-state index is 11.9. The molecule has 0 aliphatic heterocycles. The van der Waals surface area contributed by atoms with Gasteiger partial charge in [-0.1, -0.05) is 0 Å². The number of aryl methyl sites for hydroxylation is 2. The molecule has 6 nitrogen and oxygen atoms in total. The van der Waals surface area contributed by atoms with E-state index in [1.165, 1.54) is 6.07 Å². The first kappa shape index (κ1) is 12.6. The summed E-state index contributed by atoms with van der Waals surface area (Å²) in [5.41, 5.74) is 6.77. The Bertz CT molecular complexity index is 574. The van der Waals surface area contributed by atoms with Gasteiger partial charge in [0.15, 0.2) is 0 Å². The number of anilines is 1. The van der Waals surface area contributed by atoms with Crippen LogP contribution in [0.25, 0.3) is 0 Å². The summed E-state index contributed by atoms with van der Waals surface area (Å²) in [6, 6.07) is 1.42. The molecule has 1 atom stereocenters. The maximum Gasteiger partial charge on any atom is 0.269 e. The number of hydrogen-bond acceptors (Lipinski definition) is 5. The van der Waals surface area contributed by atoms with Crippen LogP contribution in [0.1, 0.15) is 39.0 Å². The number of hydrogen-bond donors (Lipinski definition) is 3. The molecule has 0 aliphatic rings. The molecule has 2 aromatic rings. The van der Waals surface area contributed by atoms with Gasteiger partial charge in [0.2, 0.25) is 0 Å². The predicted octanol–water partition coefficient (Wildman–Crippen LogP) is 1.56. The Labute approximate surface area is 109 Å². The van der Waals surface area contributed by atoms with E-state index in [-0.39, 0.29) is 11.9 Å². The van der Waals surface area contributed by atoms with Gasteiger partial charge in [-0.3, -0.25) is 9.89 Å². The fourth-order valence-corrected chi connectivity index (χ4v) is 2.67. The van der Waals surface area contributed by atoms with E-state index in [4.69, 9.17) is 5.73 Å². The molecule has 96 valence electrons. The minimum atomic E-state index is -0.225. The van der Waals surface area contributed by atoms with Gasteiger partial charge in [-0.05, 0) is 20.8 Å². The lowest BCUT2D eigenvalue weighted by Crippen LogP contribution is -2.26. The van der Waals surface area contributed by atoms with Gasteiger partial charge in [0.1, 0.15) is 11.5 Å². The van der Waals surface area contributed by atoms with E-state index >= 15 is 0 Å². The van der Waals surface area contributed by atoms with Crippen molar-refractivity contribution in [2.45, 2.75) is 26.8 Å². The Balaban J connectivity index is 2.10. The average Bonchev–Trinajstić information content (AvgIpc) is 2.84. The second-order valence-corrected chi connectivity index (χ2v) is 5.32. The van der Waals surface area contributed by atoms with Crippen molar-refractivity contribution in [3.63, 3.8) is 0 Å². The summed E-state index contributed by atoms with van der Waals surface area (Å²) in [5, 5.41) is 10.2. The molecule has 0 saturated carbocycles. The van der Waals surface area contributed by atoms with Gasteiger partial charge in [-0.2, -0.15) is 5.10 Å². The summed E-state index contributed by atoms with van der Waals surface area (Å²) >= 11 is 1.59. The monoisotopic (exact) mass is 265 g/mol. The van der Waals surface area contributed by atoms with Crippen LogP contribution in [-0.4, -0.2) is 21.1 Å². The SMILES string of the molecule is Cc1nc(C)c(C(C)NC(=O)c2cc(N)n[nH]2)s1. The molecule has 4 N–H and O–H groups in total. The molecule has 7 heteroatoms. The van der Waals surface area contributed by atoms with Gasteiger partial charge in [0.25, 0.3) is 5.91 Å². The molecule has 0 fully saturated rings. The molecule has 2 aromatic heterocycles. The smallest absolute Gasteiger partial charge is 0.269 e. The third-order valence-electron chi connectivity index (χ3n) is 2.52. The number of rotatable bonds is 3. The van der Waals surface area contributed by atoms with Crippen molar-refractivity contribution in [2.24, 2.45) is 0 Å². The summed E-state index contributed by atoms with van der Waals surface area (Å²) in [6.07, 6.45) is 0. The van der Waals surface area contributed by atoms with Crippen LogP contribution in [-0.2, 0) is 0 Å². The first-order chi connectivity index (χ1) is 8.47. The normalized spacial score (nSPS) is 12.4. The Morgan fingerprint density at radius 2 is 2.28 bits per heavy atom. The lowest BCUT2D eigenvalue weighted by Gasteiger charge is -2.11. The largest absolute Gasteiger partial charge is 0.382 e. The number of H-pyrrole nitrogens is 1. The number of nitrogens with two attached hydrogens (primary N) is 1. The van der Waals surface area contributed by atoms with E-state index in [1.54, 1.807) is 11.3 Å². The third-order valence-corrected chi connectivity index (χ3v) is 3.78. The van der Waals surface area contributed by atoms with Crippen molar-refractivity contribution in [3.05, 3.63) is 27.3 Å². The highest BCUT2D eigenvalue weighted by Crippen LogP contribution is 2.24. The number of nitrogens with zero attached hydrogens (tertiary/aromatic N) is 2. The van der Waals surface area contributed by atoms with Gasteiger partial charge >= 0.3 is 0 Å². The molecule has 0 saturated heterocycles. The van der Waals surface area contributed by atoms with Crippen LogP contribution in [0.3, 0.4) is 0 Å². The number of thiazole rings is 1. The summed E-state index contributed by atoms with van der Waals surface area (Å²) in [4.78, 5) is 17.3. The number of nitrogen functional groups attached to an aromatic ring is 1. The van der Waals surface area contributed by atoms with E-state index in [0.29, 0.717) is 11.5 Å². The molecule has 0 spiro atoms. The lowest BCUT2D eigenvalue weighted by atomic mass is 10.2. The summed E-state index contributed by atoms with van der Waals surface area (Å²) < 4.78 is 0. The van der Waals surface area contributed by atoms with Crippen molar-refractivity contribution in [1.29, 1.82) is 0 Å². The molecular weight excluding hydrogens is 250 g/mol. The molecule has 0 aromatic carbocycles. The quantitative estimate of drug-likeness (QED) is 0.784. The highest BCUT2D eigenvalue weighted by Gasteiger charge is 2.17. The highest BCUT2D eigenvalue weighted by molar-refractivity contribution is 7.11. The molecule has 0 bridgehead atoms. The van der Waals surface area contributed by atoms with Crippen molar-refractivity contribution >= 4 is 23.1 Å². The molecule has 2 rings (SSSR count). The van der Waals surface area contributed by atoms with Crippen LogP contribution in [0.15, 0.2) is 6.07 Å². The fraction of sp³-hybridized carbons (Fsp3) is 0.364. The van der Waals surface area contributed by atoms with Crippen molar-refractivity contribution in [1.82, 2.24) is 20.5 Å². The van der Waals surface area contributed by atoms with Gasteiger partial charge in [0.05, 0.1) is 16.7 Å². The van der Waals surface area contributed by atoms with E-state index < -0.39 is 0 Å². The molecule has 2 heterocycles. The van der Waals surface area contributed by atoms with E-state index in [1.807, 2.05) is 20.8 Å². The van der Waals surface area contributed by atoms with Crippen LogP contribution in [0.5, 0.6) is 0 Å². The topological polar surface area (TPSA) is 96.7 Å². The van der Waals surface area contributed by atoms with E-state index in [9.17, 15) is 4.79 Å². The molecule has 18 heavy (non-hydrogen) atoms. The van der Waals surface area contributed by atoms with Gasteiger partial charge in [-0.25, -0.2) is 4.98 Å². The number of amides is 1. The Morgan fingerprint density at radius 1 is 1.56 bits per heavy atom. The standard InChI is InChI=1S/C11H15N5OS/c1-5-10(18-7(3)13-5)6(2)14-11(17)8-4-9(12)16-15-8/h4,6H,1-3H3,(H,14,17)(H3,12,15,16). The Hall–Kier alpha value is -1.89. The third kappa shape index (κ3) is 2.51. The number of carbonyl (C=O) groups excluding carboxylic acids is 1. The maximum atomic E-state index is 11.9. The fourth-order valence-electron chi connectivity index (χ4n) is 1.74. The molecule has 1 unspecified atom stereocenters. The Morgan fingerprint density at radius 3 is 2.78 bits per heavy atom. The highest BCUT2D eigenvalue weighted by atomic mass is 32.1. The van der Waals surface area contributed by atoms with E-state index in [2.05, 4.69) is 20.5 Å². The number of carbonyl (C=O) groups is 1. The van der Waals surface area contributed by atoms with Crippen LogP contribution in [0.2, 0.25) is 0 Å². The van der Waals surface area contributed by atoms with Crippen molar-refractivity contribution in [2.75, 3.05) is 5.73 Å². The summed E-state index contributed by atoms with van der Waals surface area (Å²) in [7, 11) is 0. The zero-order valence-electron chi connectivity index (χ0n) is 10.4. The summed E-state index contributed by atoms with van der Waals surface area (Å²) in [5.74, 6) is 0.0785. The number of aromatic amines is 1. The van der Waals surface area contributed by atoms with Crippen LogP contribution >= 0.6 is 11.3 Å². The predicted molar refractivity (Wildman–Crippen MR) is 70.5 cm³/mol. The van der Waals surface area contributed by atoms with Gasteiger partial charge in [0, 0.05) is 10.9 Å². The van der Waals surface area contributed by atoms with Crippen molar-refractivity contribution in [3.8, 4) is 0 Å². The van der Waals surface area contributed by atoms with E-state index in [0.717, 1.165) is 15.6 Å². The van der Waals surface area contributed by atoms with Gasteiger partial charge < -0.3 is 11.1 Å².